The van der Waals surface area contributed by atoms with Crippen LogP contribution in [0.2, 0.25) is 0 Å². The van der Waals surface area contributed by atoms with Gasteiger partial charge in [0.15, 0.2) is 23.0 Å². The Morgan fingerprint density at radius 1 is 0.636 bits per heavy atom. The van der Waals surface area contributed by atoms with Gasteiger partial charge in [-0.15, -0.1) is 0 Å². The van der Waals surface area contributed by atoms with Gasteiger partial charge in [0.05, 0.1) is 76.2 Å². The number of rotatable bonds is 14. The Bertz CT molecular complexity index is 3510. The molecule has 2 atom stereocenters. The second-order valence-electron chi connectivity index (χ2n) is 15.8. The van der Waals surface area contributed by atoms with E-state index in [1.54, 1.807) is 68.7 Å². The average molecular weight is 907 g/mol. The molecule has 4 aromatic heterocycles. The number of para-hydroxylation sites is 1. The lowest BCUT2D eigenvalue weighted by Crippen LogP contribution is -2.47. The highest BCUT2D eigenvalue weighted by Gasteiger charge is 2.42. The number of aliphatic hydroxyl groups excluding tert-OH is 1. The first-order valence-corrected chi connectivity index (χ1v) is 21.0. The molecule has 3 aromatic carbocycles. The predicted molar refractivity (Wildman–Crippen MR) is 238 cm³/mol. The summed E-state index contributed by atoms with van der Waals surface area (Å²) in [5, 5.41) is 9.67. The van der Waals surface area contributed by atoms with Crippen molar-refractivity contribution in [2.75, 3.05) is 41.7 Å². The summed E-state index contributed by atoms with van der Waals surface area (Å²) in [6, 6.07) is 11.5. The summed E-state index contributed by atoms with van der Waals surface area (Å²) in [7, 11) is 9.10. The Morgan fingerprint density at radius 3 is 1.67 bits per heavy atom. The molecule has 0 spiro atoms. The van der Waals surface area contributed by atoms with Gasteiger partial charge in [0.2, 0.25) is 0 Å². The van der Waals surface area contributed by atoms with E-state index in [0.29, 0.717) is 62.0 Å². The number of hydrogen-bond donors (Lipinski definition) is 1. The van der Waals surface area contributed by atoms with Crippen molar-refractivity contribution >= 4 is 22.1 Å². The molecular weight excluding hydrogens is 861 g/mol. The van der Waals surface area contributed by atoms with Crippen molar-refractivity contribution in [3.8, 4) is 28.7 Å². The number of benzene rings is 3. The molecule has 0 bridgehead atoms. The smallest absolute Gasteiger partial charge is 0.348 e. The Morgan fingerprint density at radius 2 is 1.14 bits per heavy atom. The Labute approximate surface area is 372 Å². The summed E-state index contributed by atoms with van der Waals surface area (Å²) in [5.41, 5.74) is -0.553. The van der Waals surface area contributed by atoms with E-state index in [9.17, 15) is 33.9 Å². The quantitative estimate of drug-likeness (QED) is 0.143. The minimum atomic E-state index is -1.02. The number of methoxy groups -OCH3 is 4. The predicted octanol–water partition coefficient (Wildman–Crippen LogP) is 0.105. The van der Waals surface area contributed by atoms with Crippen LogP contribution in [0.3, 0.4) is 0 Å². The van der Waals surface area contributed by atoms with E-state index in [1.165, 1.54) is 56.3 Å². The summed E-state index contributed by atoms with van der Waals surface area (Å²) in [5.74, 6) is 1.95. The topological polar surface area (TPSA) is 234 Å². The Balaban J connectivity index is 1.11. The second-order valence-corrected chi connectivity index (χ2v) is 15.8. The van der Waals surface area contributed by atoms with Crippen molar-refractivity contribution < 1.29 is 28.8 Å². The van der Waals surface area contributed by atoms with Crippen LogP contribution in [-0.2, 0) is 53.1 Å². The SMILES string of the molecule is COc1cc2nc(CCn3c(=O)n4n(c3=O)C3Cn5c(=O)n(CCc6nc7cc(OC)c(OC)cc7n(C)c6=O)c(=O)n5C(c5ccccc5OCCO)C3=CC4)c(=O)n(C)c2cc1OC. The molecule has 1 N–H and O–H groups in total. The van der Waals surface area contributed by atoms with Crippen molar-refractivity contribution in [3.05, 3.63) is 140 Å². The molecule has 0 amide bonds. The number of aliphatic hydroxyl groups is 1. The van der Waals surface area contributed by atoms with Crippen LogP contribution in [0.1, 0.15) is 29.0 Å². The molecule has 0 fully saturated rings. The molecule has 0 saturated carbocycles. The average Bonchev–Trinajstić information content (AvgIpc) is 3.72. The lowest BCUT2D eigenvalue weighted by Gasteiger charge is -2.38. The molecule has 9 rings (SSSR count). The monoisotopic (exact) mass is 906 g/mol. The zero-order valence-corrected chi connectivity index (χ0v) is 36.9. The normalized spacial score (nSPS) is 15.3. The van der Waals surface area contributed by atoms with Crippen LogP contribution in [-0.4, -0.2) is 93.7 Å². The van der Waals surface area contributed by atoms with Crippen LogP contribution in [0.25, 0.3) is 22.1 Å². The largest absolute Gasteiger partial charge is 0.493 e. The first-order chi connectivity index (χ1) is 31.8. The summed E-state index contributed by atoms with van der Waals surface area (Å²) < 4.78 is 37.6. The summed E-state index contributed by atoms with van der Waals surface area (Å²) in [4.78, 5) is 94.1. The summed E-state index contributed by atoms with van der Waals surface area (Å²) in [6.07, 6.45) is 1.59. The van der Waals surface area contributed by atoms with Gasteiger partial charge >= 0.3 is 22.8 Å². The number of nitrogens with zero attached hydrogens (tertiary/aromatic N) is 10. The van der Waals surface area contributed by atoms with E-state index in [0.717, 1.165) is 9.13 Å². The van der Waals surface area contributed by atoms with E-state index in [2.05, 4.69) is 9.97 Å². The van der Waals surface area contributed by atoms with Crippen molar-refractivity contribution in [1.29, 1.82) is 0 Å². The van der Waals surface area contributed by atoms with Crippen LogP contribution >= 0.6 is 0 Å². The van der Waals surface area contributed by atoms with Crippen molar-refractivity contribution in [1.82, 2.24) is 47.0 Å². The Hall–Kier alpha value is -7.88. The number of aryl methyl sites for hydroxylation is 4. The van der Waals surface area contributed by atoms with Crippen LogP contribution in [0.15, 0.2) is 88.9 Å². The molecule has 22 nitrogen and oxygen atoms in total. The second kappa shape index (κ2) is 16.9. The number of fused-ring (bicyclic) bond motifs is 6. The fourth-order valence-electron chi connectivity index (χ4n) is 9.09. The molecular formula is C44H46N10O12. The molecule has 6 heterocycles. The fourth-order valence-corrected chi connectivity index (χ4v) is 9.09. The molecule has 7 aromatic rings. The number of allylic oxidation sites excluding steroid dienone is 2. The lowest BCUT2D eigenvalue weighted by atomic mass is 9.90. The Kier molecular flexibility index (Phi) is 11.1. The number of aromatic nitrogens is 10. The molecule has 344 valence electrons. The van der Waals surface area contributed by atoms with E-state index < -0.39 is 46.0 Å². The third kappa shape index (κ3) is 6.82. The third-order valence-electron chi connectivity index (χ3n) is 12.4. The fraction of sp³-hybridized carbons (Fsp3) is 0.364. The van der Waals surface area contributed by atoms with Gasteiger partial charge in [-0.3, -0.25) is 9.59 Å². The van der Waals surface area contributed by atoms with Gasteiger partial charge in [0, 0.05) is 69.9 Å². The molecule has 22 heteroatoms. The molecule has 0 aliphatic carbocycles. The van der Waals surface area contributed by atoms with Gasteiger partial charge in [0.1, 0.15) is 29.8 Å². The molecule has 2 unspecified atom stereocenters. The van der Waals surface area contributed by atoms with Crippen LogP contribution in [0.4, 0.5) is 0 Å². The van der Waals surface area contributed by atoms with Crippen LogP contribution in [0, 0.1) is 0 Å². The molecule has 0 saturated heterocycles. The highest BCUT2D eigenvalue weighted by molar-refractivity contribution is 5.80. The summed E-state index contributed by atoms with van der Waals surface area (Å²) >= 11 is 0. The number of hydrogen-bond acceptors (Lipinski definition) is 14. The molecule has 2 aliphatic rings. The van der Waals surface area contributed by atoms with Gasteiger partial charge in [-0.05, 0) is 11.6 Å². The lowest BCUT2D eigenvalue weighted by molar-refractivity contribution is 0.196. The van der Waals surface area contributed by atoms with Crippen LogP contribution < -0.4 is 57.6 Å². The van der Waals surface area contributed by atoms with Crippen LogP contribution in [0.5, 0.6) is 28.7 Å². The van der Waals surface area contributed by atoms with Gasteiger partial charge in [-0.1, -0.05) is 24.3 Å². The van der Waals surface area contributed by atoms with Gasteiger partial charge in [-0.2, -0.15) is 0 Å². The summed E-state index contributed by atoms with van der Waals surface area (Å²) in [6.45, 7) is -1.07. The zero-order valence-electron chi connectivity index (χ0n) is 36.9. The third-order valence-corrected chi connectivity index (χ3v) is 12.4. The molecule has 66 heavy (non-hydrogen) atoms. The highest BCUT2D eigenvalue weighted by Crippen LogP contribution is 2.41. The van der Waals surface area contributed by atoms with Crippen molar-refractivity contribution in [2.45, 2.75) is 51.1 Å². The standard InChI is InChI=1S/C44H46N10O12/c1-47-30-21-36(64-5)34(62-3)19-28(30)45-26(39(47)56)12-14-49-41(58)51-16-11-24-32(53(51)43(49)60)23-52-42(59)50(44(61)54(52)38(24)25-9-7-8-10-33(25)66-18-17-55)15-13-27-40(57)48(2)31-22-37(65-6)35(63-4)20-29(31)46-27/h7-11,19-22,32,38,55H,12-18,23H2,1-6H3. The highest BCUT2D eigenvalue weighted by atomic mass is 16.5. The van der Waals surface area contributed by atoms with Crippen molar-refractivity contribution in [2.24, 2.45) is 14.1 Å². The maximum absolute atomic E-state index is 14.6. The molecule has 2 aliphatic heterocycles. The number of ether oxygens (including phenoxy) is 5. The van der Waals surface area contributed by atoms with E-state index in [4.69, 9.17) is 23.7 Å². The minimum Gasteiger partial charge on any atom is -0.493 e. The first-order valence-electron chi connectivity index (χ1n) is 21.0. The minimum absolute atomic E-state index is 0.0615. The zero-order chi connectivity index (χ0) is 46.7. The van der Waals surface area contributed by atoms with E-state index in [-0.39, 0.29) is 63.6 Å². The van der Waals surface area contributed by atoms with Gasteiger partial charge in [-0.25, -0.2) is 57.0 Å². The van der Waals surface area contributed by atoms with E-state index >= 15 is 0 Å². The van der Waals surface area contributed by atoms with Gasteiger partial charge in [0.25, 0.3) is 11.1 Å². The molecule has 0 radical (unpaired) electrons. The van der Waals surface area contributed by atoms with Gasteiger partial charge < -0.3 is 37.9 Å². The van der Waals surface area contributed by atoms with Crippen molar-refractivity contribution in [3.63, 3.8) is 0 Å². The maximum Gasteiger partial charge on any atom is 0.348 e. The first kappa shape index (κ1) is 43.4. The van der Waals surface area contributed by atoms with E-state index in [1.807, 2.05) is 0 Å². The maximum atomic E-state index is 14.6.